The molecule has 1 aromatic rings. The summed E-state index contributed by atoms with van der Waals surface area (Å²) in [5.74, 6) is -0.0853. The molecule has 2 N–H and O–H groups in total. The summed E-state index contributed by atoms with van der Waals surface area (Å²) in [5.41, 5.74) is -0.0994. The first-order valence-corrected chi connectivity index (χ1v) is 7.32. The molecule has 1 aliphatic heterocycles. The van der Waals surface area contributed by atoms with Crippen LogP contribution in [0.4, 0.5) is 4.79 Å². The number of nitrogens with zero attached hydrogens (tertiary/aromatic N) is 1. The number of nitrogens with one attached hydrogen (secondary N) is 1. The Bertz CT molecular complexity index is 566. The fraction of sp³-hybridized carbons (Fsp3) is 0.500. The lowest BCUT2D eigenvalue weighted by molar-refractivity contribution is 0.0502. The van der Waals surface area contributed by atoms with Crippen LogP contribution in [-0.4, -0.2) is 46.7 Å². The number of ether oxygens (including phenoxy) is 1. The summed E-state index contributed by atoms with van der Waals surface area (Å²) in [6.45, 7) is 6.42. The molecule has 1 fully saturated rings. The summed E-state index contributed by atoms with van der Waals surface area (Å²) in [5, 5.41) is 12.2. The number of carbonyl (C=O) groups excluding carboxylic acids is 2. The van der Waals surface area contributed by atoms with E-state index in [2.05, 4.69) is 5.32 Å². The van der Waals surface area contributed by atoms with Crippen LogP contribution in [0.1, 0.15) is 37.6 Å². The van der Waals surface area contributed by atoms with Gasteiger partial charge in [0.1, 0.15) is 11.4 Å². The molecule has 1 heterocycles. The van der Waals surface area contributed by atoms with Crippen molar-refractivity contribution in [2.75, 3.05) is 13.1 Å². The van der Waals surface area contributed by atoms with Crippen molar-refractivity contribution < 1.29 is 19.4 Å². The van der Waals surface area contributed by atoms with Gasteiger partial charge in [0, 0.05) is 18.7 Å². The number of hydrogen-bond donors (Lipinski definition) is 2. The normalized spacial score (nSPS) is 18.1. The van der Waals surface area contributed by atoms with Gasteiger partial charge in [-0.3, -0.25) is 4.79 Å². The molecule has 1 atom stereocenters. The second kappa shape index (κ2) is 6.25. The highest BCUT2D eigenvalue weighted by Gasteiger charge is 2.29. The van der Waals surface area contributed by atoms with Crippen LogP contribution in [0.5, 0.6) is 5.75 Å². The van der Waals surface area contributed by atoms with Gasteiger partial charge in [-0.05, 0) is 45.4 Å². The van der Waals surface area contributed by atoms with E-state index in [1.807, 2.05) is 0 Å². The van der Waals surface area contributed by atoms with Crippen molar-refractivity contribution in [1.29, 1.82) is 0 Å². The second-order valence-corrected chi connectivity index (χ2v) is 6.43. The quantitative estimate of drug-likeness (QED) is 0.877. The lowest BCUT2D eigenvalue weighted by atomic mass is 10.2. The molecule has 0 radical (unpaired) electrons. The minimum absolute atomic E-state index is 0.0634. The molecule has 0 saturated carbocycles. The Kier molecular flexibility index (Phi) is 4.59. The molecule has 0 spiro atoms. The number of rotatable bonds is 2. The summed E-state index contributed by atoms with van der Waals surface area (Å²) in [7, 11) is 0. The van der Waals surface area contributed by atoms with Crippen molar-refractivity contribution in [3.8, 4) is 5.75 Å². The van der Waals surface area contributed by atoms with Gasteiger partial charge in [0.15, 0.2) is 0 Å². The molecule has 0 aliphatic carbocycles. The average molecular weight is 306 g/mol. The predicted molar refractivity (Wildman–Crippen MR) is 81.8 cm³/mol. The maximum Gasteiger partial charge on any atom is 0.407 e. The van der Waals surface area contributed by atoms with Crippen LogP contribution >= 0.6 is 0 Å². The third-order valence-electron chi connectivity index (χ3n) is 3.29. The van der Waals surface area contributed by atoms with Crippen molar-refractivity contribution in [1.82, 2.24) is 10.2 Å². The van der Waals surface area contributed by atoms with Gasteiger partial charge in [-0.25, -0.2) is 4.79 Å². The summed E-state index contributed by atoms with van der Waals surface area (Å²) >= 11 is 0. The van der Waals surface area contributed by atoms with E-state index in [1.165, 1.54) is 12.1 Å². The van der Waals surface area contributed by atoms with E-state index in [0.29, 0.717) is 25.1 Å². The summed E-state index contributed by atoms with van der Waals surface area (Å²) in [6.07, 6.45) is 0.216. The summed E-state index contributed by atoms with van der Waals surface area (Å²) in [6, 6.07) is 6.15. The zero-order valence-corrected chi connectivity index (χ0v) is 13.1. The molecule has 2 amide bonds. The Hall–Kier alpha value is -2.24. The van der Waals surface area contributed by atoms with Crippen LogP contribution in [0.25, 0.3) is 0 Å². The third-order valence-corrected chi connectivity index (χ3v) is 3.29. The molecule has 1 aliphatic rings. The third kappa shape index (κ3) is 4.38. The van der Waals surface area contributed by atoms with Crippen molar-refractivity contribution in [2.24, 2.45) is 0 Å². The maximum atomic E-state index is 12.3. The number of phenols is 1. The van der Waals surface area contributed by atoms with Crippen molar-refractivity contribution in [3.05, 3.63) is 29.8 Å². The van der Waals surface area contributed by atoms with E-state index in [0.717, 1.165) is 0 Å². The van der Waals surface area contributed by atoms with E-state index in [4.69, 9.17) is 4.74 Å². The largest absolute Gasteiger partial charge is 0.508 e. The summed E-state index contributed by atoms with van der Waals surface area (Å²) < 4.78 is 5.21. The number of aromatic hydroxyl groups is 1. The number of amides is 2. The van der Waals surface area contributed by atoms with Crippen molar-refractivity contribution in [2.45, 2.75) is 38.8 Å². The van der Waals surface area contributed by atoms with Gasteiger partial charge < -0.3 is 20.1 Å². The van der Waals surface area contributed by atoms with Gasteiger partial charge in [0.05, 0.1) is 6.04 Å². The number of benzene rings is 1. The Morgan fingerprint density at radius 1 is 1.36 bits per heavy atom. The predicted octanol–water partition coefficient (Wildman–Crippen LogP) is 2.13. The lowest BCUT2D eigenvalue weighted by Crippen LogP contribution is -2.41. The first kappa shape index (κ1) is 16.1. The van der Waals surface area contributed by atoms with E-state index < -0.39 is 11.7 Å². The fourth-order valence-corrected chi connectivity index (χ4v) is 2.36. The number of phenolic OH excluding ortho intramolecular Hbond substituents is 1. The topological polar surface area (TPSA) is 78.9 Å². The molecular weight excluding hydrogens is 284 g/mol. The molecule has 0 unspecified atom stereocenters. The zero-order valence-electron chi connectivity index (χ0n) is 13.1. The SMILES string of the molecule is CC(C)(C)OC(=O)N[C@@H]1CCN(C(=O)c2cccc(O)c2)C1. The van der Waals surface area contributed by atoms with E-state index in [-0.39, 0.29) is 17.7 Å². The average Bonchev–Trinajstić information content (AvgIpc) is 2.84. The maximum absolute atomic E-state index is 12.3. The van der Waals surface area contributed by atoms with Gasteiger partial charge >= 0.3 is 6.09 Å². The van der Waals surface area contributed by atoms with Crippen LogP contribution in [0, 0.1) is 0 Å². The Morgan fingerprint density at radius 2 is 2.09 bits per heavy atom. The molecule has 6 nitrogen and oxygen atoms in total. The molecule has 0 aromatic heterocycles. The fourth-order valence-electron chi connectivity index (χ4n) is 2.36. The minimum atomic E-state index is -0.542. The molecule has 6 heteroatoms. The van der Waals surface area contributed by atoms with E-state index in [1.54, 1.807) is 37.8 Å². The van der Waals surface area contributed by atoms with Gasteiger partial charge in [-0.1, -0.05) is 6.07 Å². The smallest absolute Gasteiger partial charge is 0.407 e. The lowest BCUT2D eigenvalue weighted by Gasteiger charge is -2.22. The highest BCUT2D eigenvalue weighted by Crippen LogP contribution is 2.17. The van der Waals surface area contributed by atoms with E-state index in [9.17, 15) is 14.7 Å². The highest BCUT2D eigenvalue weighted by atomic mass is 16.6. The molecule has 120 valence electrons. The van der Waals surface area contributed by atoms with Crippen molar-refractivity contribution >= 4 is 12.0 Å². The van der Waals surface area contributed by atoms with Gasteiger partial charge in [0.2, 0.25) is 0 Å². The van der Waals surface area contributed by atoms with Gasteiger partial charge in [-0.2, -0.15) is 0 Å². The number of carbonyl (C=O) groups is 2. The first-order valence-electron chi connectivity index (χ1n) is 7.32. The number of likely N-dealkylation sites (tertiary alicyclic amines) is 1. The van der Waals surface area contributed by atoms with Crippen LogP contribution in [0.15, 0.2) is 24.3 Å². The number of alkyl carbamates (subject to hydrolysis) is 1. The van der Waals surface area contributed by atoms with Crippen LogP contribution in [0.2, 0.25) is 0 Å². The molecule has 1 aromatic carbocycles. The van der Waals surface area contributed by atoms with E-state index >= 15 is 0 Å². The number of hydrogen-bond acceptors (Lipinski definition) is 4. The highest BCUT2D eigenvalue weighted by molar-refractivity contribution is 5.94. The molecular formula is C16H22N2O4. The molecule has 22 heavy (non-hydrogen) atoms. The van der Waals surface area contributed by atoms with Gasteiger partial charge in [-0.15, -0.1) is 0 Å². The van der Waals surface area contributed by atoms with Crippen LogP contribution in [-0.2, 0) is 4.74 Å². The molecule has 0 bridgehead atoms. The van der Waals surface area contributed by atoms with Crippen molar-refractivity contribution in [3.63, 3.8) is 0 Å². The second-order valence-electron chi connectivity index (χ2n) is 6.43. The Labute approximate surface area is 130 Å². The van der Waals surface area contributed by atoms with Crippen LogP contribution in [0.3, 0.4) is 0 Å². The molecule has 2 rings (SSSR count). The van der Waals surface area contributed by atoms with Crippen LogP contribution < -0.4 is 5.32 Å². The molecule has 1 saturated heterocycles. The minimum Gasteiger partial charge on any atom is -0.508 e. The first-order chi connectivity index (χ1) is 10.2. The monoisotopic (exact) mass is 306 g/mol. The Balaban J connectivity index is 1.90. The zero-order chi connectivity index (χ0) is 16.3. The Morgan fingerprint density at radius 3 is 2.73 bits per heavy atom. The van der Waals surface area contributed by atoms with Gasteiger partial charge in [0.25, 0.3) is 5.91 Å². The standard InChI is InChI=1S/C16H22N2O4/c1-16(2,3)22-15(21)17-12-7-8-18(10-12)14(20)11-5-4-6-13(19)9-11/h4-6,9,12,19H,7-8,10H2,1-3H3,(H,17,21)/t12-/m1/s1. The summed E-state index contributed by atoms with van der Waals surface area (Å²) in [4.78, 5) is 25.7.